The number of rotatable bonds is 9. The minimum Gasteiger partial charge on any atom is -0.480 e. The van der Waals surface area contributed by atoms with Gasteiger partial charge in [0, 0.05) is 17.5 Å². The number of fused-ring (bicyclic) bond motifs is 1. The number of β-lactam (4-membered cyclic amide) rings is 1. The standard InChI is InChI=1S/C27H33N5O7S2/c1-14-9-11-18(12-10-14)41(38,39)31(5)15(2)22(33)29-19(16-7-6-8-17(28)13-16)23(34)30-20-24(35)32-21(26(36)37)27(3,4)40-25(20)32/h6-13,15,19-21,25H,28H2,1-5H3,(H,29,33)(H,30,34)(H,36,37)/t15-,19?,20+,21-,25+/m0/s1. The van der Waals surface area contributed by atoms with E-state index in [0.29, 0.717) is 11.3 Å². The van der Waals surface area contributed by atoms with Crippen LogP contribution < -0.4 is 16.4 Å². The number of carbonyl (C=O) groups excluding carboxylic acids is 3. The molecule has 2 aromatic rings. The molecule has 2 aliphatic rings. The second-order valence-corrected chi connectivity index (χ2v) is 14.5. The van der Waals surface area contributed by atoms with Crippen LogP contribution in [0.25, 0.3) is 0 Å². The number of anilines is 1. The van der Waals surface area contributed by atoms with E-state index in [4.69, 9.17) is 5.73 Å². The fourth-order valence-corrected chi connectivity index (χ4v) is 7.88. The number of carboxylic acid groups (broad SMARTS) is 1. The number of nitrogens with two attached hydrogens (primary N) is 1. The third kappa shape index (κ3) is 5.63. The van der Waals surface area contributed by atoms with E-state index in [-0.39, 0.29) is 4.90 Å². The van der Waals surface area contributed by atoms with Gasteiger partial charge in [-0.2, -0.15) is 4.31 Å². The SMILES string of the molecule is Cc1ccc(S(=O)(=O)N(C)[C@@H](C)C(=O)NC(C(=O)N[C@@H]2C(=O)N3[C@@H]2SC(C)(C)[C@@H]3C(=O)O)c2cccc(N)c2)cc1. The molecule has 3 amide bonds. The highest BCUT2D eigenvalue weighted by Gasteiger charge is 2.64. The summed E-state index contributed by atoms with van der Waals surface area (Å²) in [6.07, 6.45) is 0. The van der Waals surface area contributed by atoms with E-state index in [0.717, 1.165) is 9.87 Å². The zero-order valence-electron chi connectivity index (χ0n) is 23.2. The number of hydrogen-bond donors (Lipinski definition) is 4. The van der Waals surface area contributed by atoms with Crippen molar-refractivity contribution >= 4 is 51.2 Å². The summed E-state index contributed by atoms with van der Waals surface area (Å²) in [6.45, 7) is 6.66. The minimum atomic E-state index is -4.03. The molecule has 220 valence electrons. The first-order valence-corrected chi connectivity index (χ1v) is 15.1. The van der Waals surface area contributed by atoms with Gasteiger partial charge in [-0.05, 0) is 57.5 Å². The summed E-state index contributed by atoms with van der Waals surface area (Å²) in [7, 11) is -2.76. The second kappa shape index (κ2) is 11.0. The number of nitrogen functional groups attached to an aromatic ring is 1. The van der Waals surface area contributed by atoms with Crippen molar-refractivity contribution in [1.82, 2.24) is 19.8 Å². The Morgan fingerprint density at radius 3 is 2.34 bits per heavy atom. The first kappa shape index (κ1) is 30.3. The number of aryl methyl sites for hydroxylation is 1. The highest BCUT2D eigenvalue weighted by Crippen LogP contribution is 2.50. The Kier molecular flexibility index (Phi) is 8.13. The molecule has 0 bridgehead atoms. The van der Waals surface area contributed by atoms with Crippen molar-refractivity contribution in [3.63, 3.8) is 0 Å². The fraction of sp³-hybridized carbons (Fsp3) is 0.407. The summed E-state index contributed by atoms with van der Waals surface area (Å²) in [4.78, 5) is 52.9. The van der Waals surface area contributed by atoms with Gasteiger partial charge in [-0.15, -0.1) is 11.8 Å². The molecule has 2 heterocycles. The number of aliphatic carboxylic acids is 1. The van der Waals surface area contributed by atoms with Crippen LogP contribution in [0, 0.1) is 6.92 Å². The van der Waals surface area contributed by atoms with Gasteiger partial charge in [0.2, 0.25) is 27.7 Å². The van der Waals surface area contributed by atoms with Crippen molar-refractivity contribution in [3.05, 3.63) is 59.7 Å². The summed E-state index contributed by atoms with van der Waals surface area (Å²) in [5.41, 5.74) is 7.44. The van der Waals surface area contributed by atoms with Crippen molar-refractivity contribution in [2.45, 2.75) is 66.9 Å². The Balaban J connectivity index is 1.54. The average Bonchev–Trinajstić information content (AvgIpc) is 3.17. The smallest absolute Gasteiger partial charge is 0.327 e. The maximum absolute atomic E-state index is 13.6. The lowest BCUT2D eigenvalue weighted by Gasteiger charge is -2.44. The average molecular weight is 604 g/mol. The molecule has 0 saturated carbocycles. The number of benzene rings is 2. The number of hydrogen-bond acceptors (Lipinski definition) is 8. The predicted octanol–water partition coefficient (Wildman–Crippen LogP) is 1.08. The number of thioether (sulfide) groups is 1. The van der Waals surface area contributed by atoms with Crippen LogP contribution in [0.4, 0.5) is 5.69 Å². The van der Waals surface area contributed by atoms with Crippen LogP contribution >= 0.6 is 11.8 Å². The molecule has 1 unspecified atom stereocenters. The second-order valence-electron chi connectivity index (χ2n) is 10.7. The summed E-state index contributed by atoms with van der Waals surface area (Å²) >= 11 is 1.27. The van der Waals surface area contributed by atoms with E-state index < -0.39 is 68.0 Å². The first-order valence-electron chi connectivity index (χ1n) is 12.8. The lowest BCUT2D eigenvalue weighted by Crippen LogP contribution is -2.71. The molecule has 4 rings (SSSR count). The summed E-state index contributed by atoms with van der Waals surface area (Å²) in [6, 6.07) is 7.88. The van der Waals surface area contributed by atoms with Gasteiger partial charge in [0.1, 0.15) is 29.5 Å². The number of sulfonamides is 1. The van der Waals surface area contributed by atoms with Crippen LogP contribution in [0.5, 0.6) is 0 Å². The number of nitrogens with one attached hydrogen (secondary N) is 2. The third-order valence-corrected chi connectivity index (χ3v) is 10.9. The summed E-state index contributed by atoms with van der Waals surface area (Å²) in [5, 5.41) is 14.3. The molecule has 14 heteroatoms. The molecule has 0 aliphatic carbocycles. The van der Waals surface area contributed by atoms with E-state index >= 15 is 0 Å². The van der Waals surface area contributed by atoms with Crippen molar-refractivity contribution in [3.8, 4) is 0 Å². The molecule has 2 aliphatic heterocycles. The topological polar surface area (TPSA) is 179 Å². The van der Waals surface area contributed by atoms with Crippen molar-refractivity contribution in [2.24, 2.45) is 0 Å². The Morgan fingerprint density at radius 2 is 1.76 bits per heavy atom. The number of amides is 3. The zero-order valence-corrected chi connectivity index (χ0v) is 24.8. The molecular formula is C27H33N5O7S2. The van der Waals surface area contributed by atoms with Gasteiger partial charge < -0.3 is 26.4 Å². The van der Waals surface area contributed by atoms with Gasteiger partial charge in [-0.3, -0.25) is 14.4 Å². The number of carboxylic acids is 1. The molecule has 2 saturated heterocycles. The number of nitrogens with zero attached hydrogens (tertiary/aromatic N) is 2. The normalized spacial score (nSPS) is 22.8. The molecular weight excluding hydrogens is 570 g/mol. The number of likely N-dealkylation sites (N-methyl/N-ethyl adjacent to an activating group) is 1. The van der Waals surface area contributed by atoms with Crippen molar-refractivity contribution in [1.29, 1.82) is 0 Å². The lowest BCUT2D eigenvalue weighted by atomic mass is 9.95. The van der Waals surface area contributed by atoms with Gasteiger partial charge in [-0.1, -0.05) is 29.8 Å². The van der Waals surface area contributed by atoms with Crippen LogP contribution in [0.3, 0.4) is 0 Å². The van der Waals surface area contributed by atoms with Crippen LogP contribution in [0.1, 0.15) is 37.9 Å². The molecule has 41 heavy (non-hydrogen) atoms. The number of carbonyl (C=O) groups is 4. The van der Waals surface area contributed by atoms with E-state index in [2.05, 4.69) is 10.6 Å². The molecule has 12 nitrogen and oxygen atoms in total. The van der Waals surface area contributed by atoms with Crippen LogP contribution in [-0.4, -0.2) is 81.7 Å². The summed E-state index contributed by atoms with van der Waals surface area (Å²) in [5.74, 6) is -3.15. The third-order valence-electron chi connectivity index (χ3n) is 7.39. The van der Waals surface area contributed by atoms with E-state index in [1.165, 1.54) is 48.8 Å². The molecule has 0 radical (unpaired) electrons. The lowest BCUT2D eigenvalue weighted by molar-refractivity contribution is -0.161. The van der Waals surface area contributed by atoms with Crippen LogP contribution in [-0.2, 0) is 29.2 Å². The highest BCUT2D eigenvalue weighted by molar-refractivity contribution is 8.01. The molecule has 0 spiro atoms. The zero-order chi connectivity index (χ0) is 30.4. The van der Waals surface area contributed by atoms with Gasteiger partial charge in [-0.25, -0.2) is 13.2 Å². The van der Waals surface area contributed by atoms with Gasteiger partial charge in [0.25, 0.3) is 0 Å². The van der Waals surface area contributed by atoms with Crippen molar-refractivity contribution < 1.29 is 32.7 Å². The Morgan fingerprint density at radius 1 is 1.12 bits per heavy atom. The van der Waals surface area contributed by atoms with E-state index in [1.807, 2.05) is 6.92 Å². The highest BCUT2D eigenvalue weighted by atomic mass is 32.2. The molecule has 2 aromatic carbocycles. The first-order chi connectivity index (χ1) is 19.1. The van der Waals surface area contributed by atoms with Gasteiger partial charge in [0.15, 0.2) is 0 Å². The van der Waals surface area contributed by atoms with E-state index in [1.54, 1.807) is 44.2 Å². The molecule has 2 fully saturated rings. The maximum Gasteiger partial charge on any atom is 0.327 e. The Bertz CT molecular complexity index is 1500. The fourth-order valence-electron chi connectivity index (χ4n) is 4.93. The molecule has 0 aromatic heterocycles. The van der Waals surface area contributed by atoms with E-state index in [9.17, 15) is 32.7 Å². The minimum absolute atomic E-state index is 0.0140. The largest absolute Gasteiger partial charge is 0.480 e. The summed E-state index contributed by atoms with van der Waals surface area (Å²) < 4.78 is 26.4. The van der Waals surface area contributed by atoms with Crippen LogP contribution in [0.2, 0.25) is 0 Å². The molecule has 5 atom stereocenters. The van der Waals surface area contributed by atoms with Gasteiger partial charge >= 0.3 is 5.97 Å². The van der Waals surface area contributed by atoms with Gasteiger partial charge in [0.05, 0.1) is 4.90 Å². The van der Waals surface area contributed by atoms with Crippen molar-refractivity contribution in [2.75, 3.05) is 12.8 Å². The monoisotopic (exact) mass is 603 g/mol. The Hall–Kier alpha value is -3.62. The predicted molar refractivity (Wildman–Crippen MR) is 153 cm³/mol. The Labute approximate surface area is 242 Å². The molecule has 5 N–H and O–H groups in total. The maximum atomic E-state index is 13.6. The quantitative estimate of drug-likeness (QED) is 0.241. The van der Waals surface area contributed by atoms with Crippen LogP contribution in [0.15, 0.2) is 53.4 Å².